The van der Waals surface area contributed by atoms with Crippen LogP contribution < -0.4 is 10.5 Å². The topological polar surface area (TPSA) is 109 Å². The molecule has 0 amide bonds. The zero-order valence-electron chi connectivity index (χ0n) is 11.9. The molecule has 0 atom stereocenters. The van der Waals surface area contributed by atoms with Crippen LogP contribution in [-0.2, 0) is 10.0 Å². The minimum absolute atomic E-state index is 0.0513. The molecule has 1 aliphatic rings. The van der Waals surface area contributed by atoms with Gasteiger partial charge in [0.05, 0.1) is 10.5 Å². The molecule has 0 saturated heterocycles. The standard InChI is InChI=1S/C14H20N2O4S/c1-14(6-2-3-7-14)9-16-21(19,20)12-5-4-10(15)8-11(12)13(17)18/h4-5,8,16H,2-3,6-7,9,15H2,1H3,(H,17,18). The first kappa shape index (κ1) is 15.8. The Balaban J connectivity index is 2.25. The van der Waals surface area contributed by atoms with Gasteiger partial charge in [0.25, 0.3) is 0 Å². The van der Waals surface area contributed by atoms with Gasteiger partial charge >= 0.3 is 5.97 Å². The quantitative estimate of drug-likeness (QED) is 0.718. The lowest BCUT2D eigenvalue weighted by Gasteiger charge is -2.23. The van der Waals surface area contributed by atoms with Crippen LogP contribution in [-0.4, -0.2) is 26.0 Å². The Morgan fingerprint density at radius 2 is 2.00 bits per heavy atom. The summed E-state index contributed by atoms with van der Waals surface area (Å²) in [6, 6.07) is 3.78. The molecule has 1 saturated carbocycles. The maximum atomic E-state index is 12.4. The van der Waals surface area contributed by atoms with Crippen molar-refractivity contribution in [2.45, 2.75) is 37.5 Å². The van der Waals surface area contributed by atoms with Gasteiger partial charge in [0.15, 0.2) is 0 Å². The number of carbonyl (C=O) groups is 1. The third-order valence-electron chi connectivity index (χ3n) is 4.02. The van der Waals surface area contributed by atoms with Crippen LogP contribution in [0.4, 0.5) is 5.69 Å². The number of hydrogen-bond donors (Lipinski definition) is 3. The molecule has 0 bridgehead atoms. The van der Waals surface area contributed by atoms with E-state index in [1.54, 1.807) is 0 Å². The minimum atomic E-state index is -3.86. The van der Waals surface area contributed by atoms with Crippen molar-refractivity contribution >= 4 is 21.7 Å². The maximum Gasteiger partial charge on any atom is 0.337 e. The smallest absolute Gasteiger partial charge is 0.337 e. The van der Waals surface area contributed by atoms with Crippen LogP contribution in [0.5, 0.6) is 0 Å². The Labute approximate surface area is 124 Å². The molecule has 6 nitrogen and oxygen atoms in total. The molecule has 0 heterocycles. The summed E-state index contributed by atoms with van der Waals surface area (Å²) in [6.45, 7) is 2.36. The Bertz CT molecular complexity index is 649. The van der Waals surface area contributed by atoms with Crippen molar-refractivity contribution in [2.24, 2.45) is 5.41 Å². The molecule has 0 unspecified atom stereocenters. The molecular formula is C14H20N2O4S. The number of aromatic carboxylic acids is 1. The lowest BCUT2D eigenvalue weighted by Crippen LogP contribution is -2.34. The van der Waals surface area contributed by atoms with Crippen molar-refractivity contribution in [1.29, 1.82) is 0 Å². The molecule has 0 spiro atoms. The zero-order chi connectivity index (χ0) is 15.7. The van der Waals surface area contributed by atoms with Gasteiger partial charge in [0, 0.05) is 12.2 Å². The third-order valence-corrected chi connectivity index (χ3v) is 5.48. The largest absolute Gasteiger partial charge is 0.478 e. The molecule has 21 heavy (non-hydrogen) atoms. The first-order valence-corrected chi connectivity index (χ1v) is 8.34. The van der Waals surface area contributed by atoms with E-state index < -0.39 is 16.0 Å². The number of rotatable bonds is 5. The highest BCUT2D eigenvalue weighted by atomic mass is 32.2. The van der Waals surface area contributed by atoms with Crippen LogP contribution in [0.15, 0.2) is 23.1 Å². The summed E-state index contributed by atoms with van der Waals surface area (Å²) in [5.41, 5.74) is 5.38. The molecule has 2 rings (SSSR count). The maximum absolute atomic E-state index is 12.4. The first-order valence-electron chi connectivity index (χ1n) is 6.86. The summed E-state index contributed by atoms with van der Waals surface area (Å²) in [5.74, 6) is -1.31. The van der Waals surface area contributed by atoms with E-state index in [1.165, 1.54) is 12.1 Å². The molecule has 1 aromatic carbocycles. The summed E-state index contributed by atoms with van der Waals surface area (Å²) in [4.78, 5) is 11.0. The second kappa shape index (κ2) is 5.65. The fourth-order valence-corrected chi connectivity index (χ4v) is 4.08. The van der Waals surface area contributed by atoms with Crippen LogP contribution in [0.25, 0.3) is 0 Å². The third kappa shape index (κ3) is 3.54. The average Bonchev–Trinajstić information content (AvgIpc) is 2.84. The number of nitrogens with one attached hydrogen (secondary N) is 1. The molecule has 116 valence electrons. The number of anilines is 1. The van der Waals surface area contributed by atoms with Gasteiger partial charge in [-0.1, -0.05) is 19.8 Å². The van der Waals surface area contributed by atoms with Gasteiger partial charge in [-0.25, -0.2) is 17.9 Å². The first-order chi connectivity index (χ1) is 9.73. The molecule has 0 aliphatic heterocycles. The summed E-state index contributed by atoms with van der Waals surface area (Å²) < 4.78 is 27.2. The fourth-order valence-electron chi connectivity index (χ4n) is 2.70. The summed E-state index contributed by atoms with van der Waals surface area (Å²) in [6.07, 6.45) is 4.15. The predicted molar refractivity (Wildman–Crippen MR) is 79.6 cm³/mol. The van der Waals surface area contributed by atoms with E-state index in [2.05, 4.69) is 4.72 Å². The van der Waals surface area contributed by atoms with E-state index in [-0.39, 0.29) is 21.6 Å². The second-order valence-corrected chi connectivity index (χ2v) is 7.64. The number of sulfonamides is 1. The van der Waals surface area contributed by atoms with Gasteiger partial charge < -0.3 is 10.8 Å². The molecule has 1 fully saturated rings. The highest BCUT2D eigenvalue weighted by Gasteiger charge is 2.31. The number of benzene rings is 1. The summed E-state index contributed by atoms with van der Waals surface area (Å²) in [5, 5.41) is 9.14. The van der Waals surface area contributed by atoms with Crippen LogP contribution in [0.3, 0.4) is 0 Å². The fraction of sp³-hybridized carbons (Fsp3) is 0.500. The van der Waals surface area contributed by atoms with Gasteiger partial charge in [-0.3, -0.25) is 0 Å². The van der Waals surface area contributed by atoms with E-state index in [1.807, 2.05) is 6.92 Å². The average molecular weight is 312 g/mol. The SMILES string of the molecule is CC1(CNS(=O)(=O)c2ccc(N)cc2C(=O)O)CCCC1. The van der Waals surface area contributed by atoms with Gasteiger partial charge in [-0.15, -0.1) is 0 Å². The van der Waals surface area contributed by atoms with Crippen molar-refractivity contribution in [2.75, 3.05) is 12.3 Å². The van der Waals surface area contributed by atoms with Crippen LogP contribution in [0, 0.1) is 5.41 Å². The predicted octanol–water partition coefficient (Wildman–Crippen LogP) is 1.83. The summed E-state index contributed by atoms with van der Waals surface area (Å²) in [7, 11) is -3.86. The minimum Gasteiger partial charge on any atom is -0.478 e. The molecular weight excluding hydrogens is 292 g/mol. The summed E-state index contributed by atoms with van der Waals surface area (Å²) >= 11 is 0. The van der Waals surface area contributed by atoms with Crippen molar-refractivity contribution in [1.82, 2.24) is 4.72 Å². The molecule has 0 aromatic heterocycles. The van der Waals surface area contributed by atoms with Gasteiger partial charge in [0.2, 0.25) is 10.0 Å². The van der Waals surface area contributed by atoms with Crippen molar-refractivity contribution in [3.63, 3.8) is 0 Å². The Morgan fingerprint density at radius 3 is 2.57 bits per heavy atom. The molecule has 0 radical (unpaired) electrons. The number of nitrogens with two attached hydrogens (primary N) is 1. The Morgan fingerprint density at radius 1 is 1.38 bits per heavy atom. The number of carboxylic acid groups (broad SMARTS) is 1. The molecule has 4 N–H and O–H groups in total. The highest BCUT2D eigenvalue weighted by Crippen LogP contribution is 2.37. The molecule has 1 aliphatic carbocycles. The normalized spacial score (nSPS) is 17.8. The van der Waals surface area contributed by atoms with Crippen molar-refractivity contribution < 1.29 is 18.3 Å². The van der Waals surface area contributed by atoms with Crippen molar-refractivity contribution in [3.05, 3.63) is 23.8 Å². The molecule has 1 aromatic rings. The van der Waals surface area contributed by atoms with Crippen LogP contribution >= 0.6 is 0 Å². The van der Waals surface area contributed by atoms with E-state index in [0.717, 1.165) is 31.7 Å². The van der Waals surface area contributed by atoms with Crippen molar-refractivity contribution in [3.8, 4) is 0 Å². The van der Waals surface area contributed by atoms with E-state index in [0.29, 0.717) is 6.54 Å². The lowest BCUT2D eigenvalue weighted by atomic mass is 9.89. The zero-order valence-corrected chi connectivity index (χ0v) is 12.7. The molecule has 7 heteroatoms. The van der Waals surface area contributed by atoms with Gasteiger partial charge in [-0.2, -0.15) is 0 Å². The number of hydrogen-bond acceptors (Lipinski definition) is 4. The second-order valence-electron chi connectivity index (χ2n) is 5.90. The van der Waals surface area contributed by atoms with Crippen LogP contribution in [0.1, 0.15) is 43.0 Å². The Kier molecular flexibility index (Phi) is 4.25. The van der Waals surface area contributed by atoms with E-state index in [9.17, 15) is 13.2 Å². The number of nitrogen functional groups attached to an aromatic ring is 1. The lowest BCUT2D eigenvalue weighted by molar-refractivity contribution is 0.0692. The highest BCUT2D eigenvalue weighted by molar-refractivity contribution is 7.89. The van der Waals surface area contributed by atoms with Gasteiger partial charge in [0.1, 0.15) is 0 Å². The van der Waals surface area contributed by atoms with E-state index in [4.69, 9.17) is 10.8 Å². The Hall–Kier alpha value is -1.60. The number of carboxylic acids is 1. The van der Waals surface area contributed by atoms with E-state index >= 15 is 0 Å². The van der Waals surface area contributed by atoms with Crippen LogP contribution in [0.2, 0.25) is 0 Å². The van der Waals surface area contributed by atoms with Gasteiger partial charge in [-0.05, 0) is 36.5 Å². The monoisotopic (exact) mass is 312 g/mol.